The van der Waals surface area contributed by atoms with Crippen molar-refractivity contribution in [2.75, 3.05) is 19.5 Å². The topological polar surface area (TPSA) is 116 Å². The van der Waals surface area contributed by atoms with E-state index >= 15 is 0 Å². The van der Waals surface area contributed by atoms with Gasteiger partial charge in [0, 0.05) is 23.3 Å². The van der Waals surface area contributed by atoms with Crippen molar-refractivity contribution >= 4 is 33.4 Å². The van der Waals surface area contributed by atoms with E-state index in [1.165, 1.54) is 24.3 Å². The minimum atomic E-state index is -3.51. The first-order chi connectivity index (χ1) is 14.7. The minimum absolute atomic E-state index is 0.0622. The fourth-order valence-electron chi connectivity index (χ4n) is 2.74. The van der Waals surface area contributed by atoms with Gasteiger partial charge in [0.2, 0.25) is 0 Å². The molecule has 0 aliphatic heterocycles. The summed E-state index contributed by atoms with van der Waals surface area (Å²) in [6.45, 7) is 4.26. The van der Waals surface area contributed by atoms with E-state index in [1.807, 2.05) is 0 Å². The second-order valence-electron chi connectivity index (χ2n) is 8.03. The van der Waals surface area contributed by atoms with Crippen molar-refractivity contribution in [2.24, 2.45) is 0 Å². The maximum Gasteiger partial charge on any atom is 0.344 e. The van der Waals surface area contributed by atoms with Crippen molar-refractivity contribution in [2.45, 2.75) is 37.7 Å². The molecule has 0 unspecified atom stereocenters. The number of ether oxygens (including phenoxy) is 3. The Morgan fingerprint density at radius 2 is 1.53 bits per heavy atom. The van der Waals surface area contributed by atoms with Gasteiger partial charge in [0.1, 0.15) is 17.1 Å². The molecule has 0 saturated carbocycles. The first-order valence-corrected chi connectivity index (χ1v) is 11.8. The zero-order chi connectivity index (χ0) is 24.1. The van der Waals surface area contributed by atoms with Crippen LogP contribution in [0.4, 0.5) is 0 Å². The van der Waals surface area contributed by atoms with Gasteiger partial charge in [0.05, 0.1) is 4.90 Å². The van der Waals surface area contributed by atoms with Gasteiger partial charge in [0.15, 0.2) is 23.1 Å². The number of carbonyl (C=O) groups is 2. The monoisotopic (exact) mass is 484 g/mol. The summed E-state index contributed by atoms with van der Waals surface area (Å²) in [7, 11) is -3.51. The van der Waals surface area contributed by atoms with E-state index in [9.17, 15) is 18.0 Å². The highest BCUT2D eigenvalue weighted by Gasteiger charge is 2.19. The zero-order valence-electron chi connectivity index (χ0n) is 18.2. The molecule has 0 aliphatic rings. The molecule has 1 N–H and O–H groups in total. The SMILES string of the molecule is CC(C)(C)OC(=O)COc1ccc(S(C)(=O)=O)cc1Cc1cc(Cl)ccc1OCC(=O)O. The second-order valence-corrected chi connectivity index (χ2v) is 10.5. The van der Waals surface area contributed by atoms with Gasteiger partial charge in [-0.25, -0.2) is 18.0 Å². The van der Waals surface area contributed by atoms with Crippen molar-refractivity contribution in [3.63, 3.8) is 0 Å². The maximum absolute atomic E-state index is 12.0. The van der Waals surface area contributed by atoms with Crippen LogP contribution >= 0.6 is 11.6 Å². The molecule has 0 amide bonds. The summed E-state index contributed by atoms with van der Waals surface area (Å²) >= 11 is 6.09. The summed E-state index contributed by atoms with van der Waals surface area (Å²) in [5, 5.41) is 9.29. The first kappa shape index (κ1) is 25.5. The second kappa shape index (κ2) is 10.2. The van der Waals surface area contributed by atoms with Crippen LogP contribution in [0.1, 0.15) is 31.9 Å². The highest BCUT2D eigenvalue weighted by atomic mass is 35.5. The standard InChI is InChI=1S/C22H25ClO8S/c1-22(2,3)31-21(26)13-30-19-8-6-17(32(4,27)28)11-15(19)9-14-10-16(23)5-7-18(14)29-12-20(24)25/h5-8,10-11H,9,12-13H2,1-4H3,(H,24,25). The third-order valence-electron chi connectivity index (χ3n) is 3.98. The average Bonchev–Trinajstić information content (AvgIpc) is 2.64. The summed E-state index contributed by atoms with van der Waals surface area (Å²) < 4.78 is 40.3. The average molecular weight is 485 g/mol. The molecule has 2 aromatic carbocycles. The zero-order valence-corrected chi connectivity index (χ0v) is 19.7. The molecule has 2 aromatic rings. The number of aliphatic carboxylic acids is 1. The molecule has 2 rings (SSSR count). The number of esters is 1. The van der Waals surface area contributed by atoms with Crippen LogP contribution in [0.3, 0.4) is 0 Å². The number of hydrogen-bond donors (Lipinski definition) is 1. The van der Waals surface area contributed by atoms with Crippen molar-refractivity contribution in [3.05, 3.63) is 52.5 Å². The largest absolute Gasteiger partial charge is 0.482 e. The van der Waals surface area contributed by atoms with E-state index in [4.69, 9.17) is 30.9 Å². The van der Waals surface area contributed by atoms with Gasteiger partial charge < -0.3 is 19.3 Å². The smallest absolute Gasteiger partial charge is 0.344 e. The van der Waals surface area contributed by atoms with Crippen LogP contribution in [0.2, 0.25) is 5.02 Å². The predicted molar refractivity (Wildman–Crippen MR) is 118 cm³/mol. The van der Waals surface area contributed by atoms with Gasteiger partial charge in [-0.1, -0.05) is 11.6 Å². The molecule has 0 aliphatic carbocycles. The normalized spacial score (nSPS) is 11.7. The molecule has 0 radical (unpaired) electrons. The molecule has 0 aromatic heterocycles. The number of rotatable bonds is 9. The van der Waals surface area contributed by atoms with Crippen molar-refractivity contribution in [1.29, 1.82) is 0 Å². The van der Waals surface area contributed by atoms with Gasteiger partial charge >= 0.3 is 11.9 Å². The third-order valence-corrected chi connectivity index (χ3v) is 5.33. The van der Waals surface area contributed by atoms with Gasteiger partial charge in [-0.3, -0.25) is 0 Å². The van der Waals surface area contributed by atoms with Gasteiger partial charge in [-0.15, -0.1) is 0 Å². The Hall–Kier alpha value is -2.78. The van der Waals surface area contributed by atoms with Crippen LogP contribution in [0.5, 0.6) is 11.5 Å². The first-order valence-electron chi connectivity index (χ1n) is 9.55. The van der Waals surface area contributed by atoms with E-state index in [-0.39, 0.29) is 29.4 Å². The molecule has 0 bridgehead atoms. The van der Waals surface area contributed by atoms with E-state index in [0.717, 1.165) is 6.26 Å². The van der Waals surface area contributed by atoms with Gasteiger partial charge in [-0.05, 0) is 62.7 Å². The lowest BCUT2D eigenvalue weighted by Crippen LogP contribution is -2.27. The minimum Gasteiger partial charge on any atom is -0.482 e. The molecular formula is C22H25ClO8S. The molecule has 32 heavy (non-hydrogen) atoms. The van der Waals surface area contributed by atoms with Crippen molar-refractivity contribution in [3.8, 4) is 11.5 Å². The van der Waals surface area contributed by atoms with E-state index in [1.54, 1.807) is 32.9 Å². The number of halogens is 1. The third kappa shape index (κ3) is 8.05. The highest BCUT2D eigenvalue weighted by Crippen LogP contribution is 2.31. The van der Waals surface area contributed by atoms with Crippen LogP contribution in [0, 0.1) is 0 Å². The quantitative estimate of drug-likeness (QED) is 0.537. The number of sulfone groups is 1. The Bertz CT molecular complexity index is 1100. The molecule has 0 saturated heterocycles. The van der Waals surface area contributed by atoms with Crippen molar-refractivity contribution < 1.29 is 37.3 Å². The van der Waals surface area contributed by atoms with E-state index in [0.29, 0.717) is 16.1 Å². The number of carboxylic acid groups (broad SMARTS) is 1. The van der Waals surface area contributed by atoms with Crippen molar-refractivity contribution in [1.82, 2.24) is 0 Å². The van der Waals surface area contributed by atoms with Crippen LogP contribution in [0.15, 0.2) is 41.3 Å². The van der Waals surface area contributed by atoms with E-state index < -0.39 is 34.0 Å². The Morgan fingerprint density at radius 1 is 0.969 bits per heavy atom. The van der Waals surface area contributed by atoms with Gasteiger partial charge in [-0.2, -0.15) is 0 Å². The molecule has 0 fully saturated rings. The van der Waals surface area contributed by atoms with E-state index in [2.05, 4.69) is 0 Å². The lowest BCUT2D eigenvalue weighted by atomic mass is 10.0. The van der Waals surface area contributed by atoms with Crippen LogP contribution in [-0.2, 0) is 30.6 Å². The Kier molecular flexibility index (Phi) is 8.14. The fraction of sp³-hybridized carbons (Fsp3) is 0.364. The summed E-state index contributed by atoms with van der Waals surface area (Å²) in [4.78, 5) is 23.0. The molecule has 0 spiro atoms. The number of carbonyl (C=O) groups excluding carboxylic acids is 1. The lowest BCUT2D eigenvalue weighted by Gasteiger charge is -2.20. The highest BCUT2D eigenvalue weighted by molar-refractivity contribution is 7.90. The maximum atomic E-state index is 12.0. The number of carboxylic acids is 1. The Labute approximate surface area is 192 Å². The number of benzene rings is 2. The van der Waals surface area contributed by atoms with Gasteiger partial charge in [0.25, 0.3) is 0 Å². The van der Waals surface area contributed by atoms with Crippen LogP contribution in [0.25, 0.3) is 0 Å². The molecule has 10 heteroatoms. The lowest BCUT2D eigenvalue weighted by molar-refractivity contribution is -0.157. The predicted octanol–water partition coefficient (Wildman–Crippen LogP) is 3.52. The summed E-state index contributed by atoms with van der Waals surface area (Å²) in [6, 6.07) is 8.93. The molecule has 174 valence electrons. The molecule has 0 atom stereocenters. The summed E-state index contributed by atoms with van der Waals surface area (Å²) in [5.41, 5.74) is 0.283. The van der Waals surface area contributed by atoms with Crippen LogP contribution < -0.4 is 9.47 Å². The molecule has 8 nitrogen and oxygen atoms in total. The summed E-state index contributed by atoms with van der Waals surface area (Å²) in [5.74, 6) is -1.18. The molecular weight excluding hydrogens is 460 g/mol. The fourth-order valence-corrected chi connectivity index (χ4v) is 3.61. The number of hydrogen-bond acceptors (Lipinski definition) is 7. The summed E-state index contributed by atoms with van der Waals surface area (Å²) in [6.07, 6.45) is 1.19. The molecule has 0 heterocycles. The Morgan fingerprint density at radius 3 is 2.09 bits per heavy atom. The van der Waals surface area contributed by atoms with Crippen LogP contribution in [-0.4, -0.2) is 50.5 Å². The Balaban J connectivity index is 2.39.